The van der Waals surface area contributed by atoms with Crippen molar-refractivity contribution < 1.29 is 25.2 Å². The third kappa shape index (κ3) is 4.07. The highest BCUT2D eigenvalue weighted by atomic mass is 16.7. The standard InChI is InChI=1S/C15H27N3O5/c1-3-4-5-6-7-10-8-18(17-16-10)12-13(11(20)9-19)23-15(2,22)14(12)21/h8,11-14,19-22H,3-7,9H2,1-2H3/t11-,12-,13-,14-,15-/m1/s1. The second kappa shape index (κ2) is 7.67. The number of aryl methyl sites for hydroxylation is 1. The minimum Gasteiger partial charge on any atom is -0.394 e. The number of aliphatic hydroxyl groups is 4. The molecule has 1 fully saturated rings. The number of unbranched alkanes of at least 4 members (excludes halogenated alkanes) is 3. The number of nitrogens with zero attached hydrogens (tertiary/aromatic N) is 3. The summed E-state index contributed by atoms with van der Waals surface area (Å²) in [5.74, 6) is -1.82. The van der Waals surface area contributed by atoms with Gasteiger partial charge in [-0.05, 0) is 19.8 Å². The zero-order valence-electron chi connectivity index (χ0n) is 13.7. The molecule has 0 spiro atoms. The average Bonchev–Trinajstić information content (AvgIpc) is 3.06. The van der Waals surface area contributed by atoms with Crippen LogP contribution in [-0.4, -0.2) is 66.1 Å². The summed E-state index contributed by atoms with van der Waals surface area (Å²) in [7, 11) is 0. The van der Waals surface area contributed by atoms with Crippen LogP contribution in [0.15, 0.2) is 6.20 Å². The first-order valence-corrected chi connectivity index (χ1v) is 8.18. The van der Waals surface area contributed by atoms with E-state index >= 15 is 0 Å². The molecule has 1 aliphatic heterocycles. The van der Waals surface area contributed by atoms with Crippen LogP contribution in [0.25, 0.3) is 0 Å². The van der Waals surface area contributed by atoms with E-state index in [9.17, 15) is 15.3 Å². The van der Waals surface area contributed by atoms with E-state index in [1.165, 1.54) is 18.0 Å². The van der Waals surface area contributed by atoms with Crippen molar-refractivity contribution >= 4 is 0 Å². The highest BCUT2D eigenvalue weighted by molar-refractivity contribution is 5.02. The zero-order valence-corrected chi connectivity index (χ0v) is 13.7. The predicted octanol–water partition coefficient (Wildman–Crippen LogP) is -0.237. The second-order valence-electron chi connectivity index (χ2n) is 6.32. The minimum absolute atomic E-state index is 0.539. The van der Waals surface area contributed by atoms with Gasteiger partial charge in [0.05, 0.1) is 12.3 Å². The fraction of sp³-hybridized carbons (Fsp3) is 0.867. The van der Waals surface area contributed by atoms with Crippen molar-refractivity contribution in [2.45, 2.75) is 76.1 Å². The van der Waals surface area contributed by atoms with Crippen molar-refractivity contribution in [1.29, 1.82) is 0 Å². The van der Waals surface area contributed by atoms with Gasteiger partial charge in [0.15, 0.2) is 5.79 Å². The molecule has 0 radical (unpaired) electrons. The van der Waals surface area contributed by atoms with Crippen molar-refractivity contribution in [2.75, 3.05) is 6.61 Å². The molecule has 1 aliphatic rings. The topological polar surface area (TPSA) is 121 Å². The monoisotopic (exact) mass is 329 g/mol. The highest BCUT2D eigenvalue weighted by Crippen LogP contribution is 2.38. The molecular formula is C15H27N3O5. The Morgan fingerprint density at radius 1 is 1.39 bits per heavy atom. The Bertz CT molecular complexity index is 493. The van der Waals surface area contributed by atoms with Gasteiger partial charge >= 0.3 is 0 Å². The summed E-state index contributed by atoms with van der Waals surface area (Å²) >= 11 is 0. The fourth-order valence-electron chi connectivity index (χ4n) is 2.92. The van der Waals surface area contributed by atoms with Crippen LogP contribution in [0, 0.1) is 0 Å². The lowest BCUT2D eigenvalue weighted by atomic mass is 10.0. The van der Waals surface area contributed by atoms with E-state index in [0.29, 0.717) is 0 Å². The fourth-order valence-corrected chi connectivity index (χ4v) is 2.92. The van der Waals surface area contributed by atoms with Crippen LogP contribution in [0.2, 0.25) is 0 Å². The zero-order chi connectivity index (χ0) is 17.0. The molecule has 23 heavy (non-hydrogen) atoms. The molecule has 1 aromatic rings. The molecule has 0 amide bonds. The number of aromatic nitrogens is 3. The molecular weight excluding hydrogens is 302 g/mol. The van der Waals surface area contributed by atoms with Crippen molar-refractivity contribution in [3.05, 3.63) is 11.9 Å². The Balaban J connectivity index is 2.10. The van der Waals surface area contributed by atoms with Gasteiger partial charge in [-0.3, -0.25) is 0 Å². The maximum atomic E-state index is 10.3. The van der Waals surface area contributed by atoms with E-state index in [2.05, 4.69) is 17.2 Å². The third-order valence-corrected chi connectivity index (χ3v) is 4.30. The molecule has 8 heteroatoms. The van der Waals surface area contributed by atoms with E-state index in [1.54, 1.807) is 6.20 Å². The third-order valence-electron chi connectivity index (χ3n) is 4.30. The normalized spacial score (nSPS) is 32.3. The largest absolute Gasteiger partial charge is 0.394 e. The lowest BCUT2D eigenvalue weighted by Gasteiger charge is -2.22. The number of hydrogen-bond acceptors (Lipinski definition) is 7. The summed E-state index contributed by atoms with van der Waals surface area (Å²) in [6.45, 7) is 2.93. The molecule has 8 nitrogen and oxygen atoms in total. The van der Waals surface area contributed by atoms with E-state index < -0.39 is 36.7 Å². The Labute approximate surface area is 135 Å². The molecule has 1 aromatic heterocycles. The van der Waals surface area contributed by atoms with Crippen molar-refractivity contribution in [3.8, 4) is 0 Å². The van der Waals surface area contributed by atoms with Crippen LogP contribution in [0.5, 0.6) is 0 Å². The first-order chi connectivity index (χ1) is 10.9. The summed E-state index contributed by atoms with van der Waals surface area (Å²) < 4.78 is 6.72. The molecule has 2 rings (SSSR count). The van der Waals surface area contributed by atoms with Crippen LogP contribution in [-0.2, 0) is 11.2 Å². The van der Waals surface area contributed by atoms with Crippen molar-refractivity contribution in [2.24, 2.45) is 0 Å². The van der Waals surface area contributed by atoms with Gasteiger partial charge in [-0.2, -0.15) is 0 Å². The molecule has 0 bridgehead atoms. The number of ether oxygens (including phenoxy) is 1. The Morgan fingerprint density at radius 2 is 2.13 bits per heavy atom. The Kier molecular flexibility index (Phi) is 6.10. The smallest absolute Gasteiger partial charge is 0.191 e. The quantitative estimate of drug-likeness (QED) is 0.486. The second-order valence-corrected chi connectivity index (χ2v) is 6.32. The molecule has 0 aliphatic carbocycles. The summed E-state index contributed by atoms with van der Waals surface area (Å²) in [6, 6.07) is -0.816. The summed E-state index contributed by atoms with van der Waals surface area (Å²) in [5.41, 5.74) is 0.789. The van der Waals surface area contributed by atoms with Crippen LogP contribution in [0.4, 0.5) is 0 Å². The number of hydrogen-bond donors (Lipinski definition) is 4. The maximum absolute atomic E-state index is 10.3. The first-order valence-electron chi connectivity index (χ1n) is 8.18. The molecule has 0 unspecified atom stereocenters. The van der Waals surface area contributed by atoms with Gasteiger partial charge in [-0.15, -0.1) is 5.10 Å². The Hall–Kier alpha value is -1.06. The van der Waals surface area contributed by atoms with Crippen LogP contribution in [0.1, 0.15) is 51.3 Å². The summed E-state index contributed by atoms with van der Waals surface area (Å²) in [6.07, 6.45) is 3.46. The lowest BCUT2D eigenvalue weighted by Crippen LogP contribution is -2.39. The molecule has 4 N–H and O–H groups in total. The first kappa shape index (κ1) is 18.3. The van der Waals surface area contributed by atoms with E-state index in [1.807, 2.05) is 0 Å². The van der Waals surface area contributed by atoms with E-state index in [4.69, 9.17) is 9.84 Å². The van der Waals surface area contributed by atoms with Gasteiger partial charge in [-0.1, -0.05) is 31.4 Å². The molecule has 0 aromatic carbocycles. The average molecular weight is 329 g/mol. The van der Waals surface area contributed by atoms with Crippen molar-refractivity contribution in [3.63, 3.8) is 0 Å². The van der Waals surface area contributed by atoms with E-state index in [0.717, 1.165) is 31.4 Å². The molecule has 132 valence electrons. The van der Waals surface area contributed by atoms with Gasteiger partial charge < -0.3 is 25.2 Å². The van der Waals surface area contributed by atoms with Gasteiger partial charge in [0.1, 0.15) is 24.4 Å². The molecule has 2 heterocycles. The minimum atomic E-state index is -1.82. The number of aliphatic hydroxyl groups excluding tert-OH is 3. The van der Waals surface area contributed by atoms with Gasteiger partial charge in [0.25, 0.3) is 0 Å². The van der Waals surface area contributed by atoms with Gasteiger partial charge in [0, 0.05) is 6.20 Å². The van der Waals surface area contributed by atoms with Gasteiger partial charge in [0.2, 0.25) is 0 Å². The molecule has 1 saturated heterocycles. The van der Waals surface area contributed by atoms with Crippen molar-refractivity contribution in [1.82, 2.24) is 15.0 Å². The number of rotatable bonds is 8. The summed E-state index contributed by atoms with van der Waals surface area (Å²) in [4.78, 5) is 0. The SMILES string of the molecule is CCCCCCc1cn([C@@H]2[C@@H]([C@H](O)CO)O[C@@](C)(O)[C@@H]2O)nn1. The van der Waals surface area contributed by atoms with Crippen LogP contribution in [0.3, 0.4) is 0 Å². The highest BCUT2D eigenvalue weighted by Gasteiger charge is 2.54. The van der Waals surface area contributed by atoms with E-state index in [-0.39, 0.29) is 0 Å². The van der Waals surface area contributed by atoms with Crippen LogP contribution < -0.4 is 0 Å². The predicted molar refractivity (Wildman–Crippen MR) is 81.5 cm³/mol. The van der Waals surface area contributed by atoms with Gasteiger partial charge in [-0.25, -0.2) is 4.68 Å². The lowest BCUT2D eigenvalue weighted by molar-refractivity contribution is -0.226. The maximum Gasteiger partial charge on any atom is 0.191 e. The van der Waals surface area contributed by atoms with Crippen LogP contribution >= 0.6 is 0 Å². The Morgan fingerprint density at radius 3 is 2.78 bits per heavy atom. The molecule has 0 saturated carbocycles. The molecule has 5 atom stereocenters. The summed E-state index contributed by atoms with van der Waals surface area (Å²) in [5, 5.41) is 47.5.